The summed E-state index contributed by atoms with van der Waals surface area (Å²) in [4.78, 5) is 4.21. The van der Waals surface area contributed by atoms with Gasteiger partial charge in [-0.15, -0.1) is 0 Å². The number of aryl methyl sites for hydroxylation is 2. The van der Waals surface area contributed by atoms with Crippen molar-refractivity contribution in [3.05, 3.63) is 48.3 Å². The highest BCUT2D eigenvalue weighted by atomic mass is 15.2. The number of nitrogens with zero attached hydrogens (tertiary/aromatic N) is 4. The highest BCUT2D eigenvalue weighted by Gasteiger charge is 2.34. The summed E-state index contributed by atoms with van der Waals surface area (Å²) in [6.07, 6.45) is 3.39. The zero-order valence-corrected chi connectivity index (χ0v) is 11.5. The van der Waals surface area contributed by atoms with E-state index in [4.69, 9.17) is 4.11 Å². The SMILES string of the molecule is [2H]C([2H])([2H])n1c2ccncc2c2c1[n+]1c(n2C)-c2ccccc2C1. The van der Waals surface area contributed by atoms with E-state index in [1.54, 1.807) is 18.5 Å². The van der Waals surface area contributed by atoms with Crippen LogP contribution in [0.15, 0.2) is 42.7 Å². The summed E-state index contributed by atoms with van der Waals surface area (Å²) in [5.41, 5.74) is 4.71. The van der Waals surface area contributed by atoms with Gasteiger partial charge in [0.1, 0.15) is 5.52 Å². The summed E-state index contributed by atoms with van der Waals surface area (Å²) in [6, 6.07) is 10.00. The van der Waals surface area contributed by atoms with E-state index < -0.39 is 6.98 Å². The van der Waals surface area contributed by atoms with Crippen LogP contribution in [0.4, 0.5) is 0 Å². The van der Waals surface area contributed by atoms with E-state index in [9.17, 15) is 0 Å². The number of rotatable bonds is 0. The molecule has 1 aliphatic rings. The average Bonchev–Trinajstić information content (AvgIpc) is 3.16. The molecule has 4 nitrogen and oxygen atoms in total. The number of pyridine rings is 1. The van der Waals surface area contributed by atoms with Gasteiger partial charge in [-0.2, -0.15) is 0 Å². The van der Waals surface area contributed by atoms with Gasteiger partial charge in [0.05, 0.1) is 35.6 Å². The molecule has 1 aliphatic heterocycles. The number of hydrogen-bond donors (Lipinski definition) is 0. The minimum Gasteiger partial charge on any atom is -0.264 e. The first-order valence-electron chi connectivity index (χ1n) is 8.44. The molecule has 0 fully saturated rings. The first-order chi connectivity index (χ1) is 11.5. The van der Waals surface area contributed by atoms with Crippen molar-refractivity contribution in [1.82, 2.24) is 14.1 Å². The molecule has 0 saturated carbocycles. The second-order valence-corrected chi connectivity index (χ2v) is 5.53. The Bertz CT molecular complexity index is 1130. The van der Waals surface area contributed by atoms with Crippen molar-refractivity contribution in [2.24, 2.45) is 14.0 Å². The lowest BCUT2D eigenvalue weighted by Crippen LogP contribution is -2.33. The molecule has 3 aromatic heterocycles. The second-order valence-electron chi connectivity index (χ2n) is 5.53. The van der Waals surface area contributed by atoms with Gasteiger partial charge in [-0.25, -0.2) is 4.57 Å². The molecule has 4 aromatic rings. The van der Waals surface area contributed by atoms with Crippen molar-refractivity contribution in [2.45, 2.75) is 6.54 Å². The number of hydrogen-bond acceptors (Lipinski definition) is 1. The summed E-state index contributed by atoms with van der Waals surface area (Å²) in [7, 11) is 1.99. The fourth-order valence-electron chi connectivity index (χ4n) is 3.59. The first-order valence-corrected chi connectivity index (χ1v) is 6.94. The van der Waals surface area contributed by atoms with Crippen molar-refractivity contribution in [3.63, 3.8) is 0 Å². The Labute approximate surface area is 126 Å². The van der Waals surface area contributed by atoms with Crippen molar-refractivity contribution in [2.75, 3.05) is 0 Å². The zero-order valence-electron chi connectivity index (χ0n) is 14.5. The van der Waals surface area contributed by atoms with Crippen LogP contribution in [-0.4, -0.2) is 14.1 Å². The molecule has 0 amide bonds. The Kier molecular flexibility index (Phi) is 1.45. The lowest BCUT2D eigenvalue weighted by molar-refractivity contribution is -0.648. The van der Waals surface area contributed by atoms with Gasteiger partial charge in [0, 0.05) is 18.0 Å². The van der Waals surface area contributed by atoms with Crippen LogP contribution >= 0.6 is 0 Å². The molecule has 5 rings (SSSR count). The van der Waals surface area contributed by atoms with Crippen LogP contribution < -0.4 is 4.57 Å². The Balaban J connectivity index is 2.02. The first kappa shape index (κ1) is 8.62. The second kappa shape index (κ2) is 3.52. The van der Waals surface area contributed by atoms with E-state index in [-0.39, 0.29) is 0 Å². The zero-order chi connectivity index (χ0) is 16.6. The molecule has 102 valence electrons. The van der Waals surface area contributed by atoms with Gasteiger partial charge in [0.2, 0.25) is 5.82 Å². The monoisotopic (exact) mass is 278 g/mol. The van der Waals surface area contributed by atoms with Crippen LogP contribution in [-0.2, 0) is 20.6 Å². The smallest absolute Gasteiger partial charge is 0.264 e. The van der Waals surface area contributed by atoms with Gasteiger partial charge < -0.3 is 0 Å². The van der Waals surface area contributed by atoms with E-state index in [1.807, 2.05) is 19.2 Å². The number of imidazole rings is 1. The van der Waals surface area contributed by atoms with Crippen LogP contribution in [0.5, 0.6) is 0 Å². The number of aromatic nitrogens is 4. The normalized spacial score (nSPS) is 15.8. The minimum atomic E-state index is -2.25. The molecule has 0 unspecified atom stereocenters. The minimum absolute atomic E-state index is 0.683. The lowest BCUT2D eigenvalue weighted by Gasteiger charge is -1.97. The van der Waals surface area contributed by atoms with Gasteiger partial charge in [-0.05, 0) is 12.1 Å². The van der Waals surface area contributed by atoms with E-state index >= 15 is 0 Å². The Morgan fingerprint density at radius 2 is 2.14 bits per heavy atom. The fraction of sp³-hybridized carbons (Fsp3) is 0.176. The quantitative estimate of drug-likeness (QED) is 0.399. The molecule has 0 aliphatic carbocycles. The Hall–Kier alpha value is -2.62. The predicted octanol–water partition coefficient (Wildman–Crippen LogP) is 2.38. The summed E-state index contributed by atoms with van der Waals surface area (Å²) >= 11 is 0. The molecular weight excluding hydrogens is 260 g/mol. The van der Waals surface area contributed by atoms with Crippen molar-refractivity contribution < 1.29 is 8.68 Å². The predicted molar refractivity (Wildman–Crippen MR) is 81.9 cm³/mol. The molecular formula is C17H15N4+. The molecule has 1 aromatic carbocycles. The number of benzene rings is 1. The molecule has 0 atom stereocenters. The van der Waals surface area contributed by atoms with Crippen LogP contribution in [0.2, 0.25) is 0 Å². The summed E-state index contributed by atoms with van der Waals surface area (Å²) in [5, 5.41) is 0.866. The Morgan fingerprint density at radius 3 is 3.05 bits per heavy atom. The van der Waals surface area contributed by atoms with Gasteiger partial charge in [-0.3, -0.25) is 14.1 Å². The lowest BCUT2D eigenvalue weighted by atomic mass is 10.1. The maximum Gasteiger partial charge on any atom is 0.269 e. The van der Waals surface area contributed by atoms with Crippen LogP contribution in [0.1, 0.15) is 9.68 Å². The van der Waals surface area contributed by atoms with E-state index in [2.05, 4.69) is 26.3 Å². The fourth-order valence-corrected chi connectivity index (χ4v) is 3.59. The molecule has 4 heterocycles. The largest absolute Gasteiger partial charge is 0.269 e. The van der Waals surface area contributed by atoms with Crippen molar-refractivity contribution in [1.29, 1.82) is 0 Å². The molecule has 0 radical (unpaired) electrons. The maximum absolute atomic E-state index is 8.04. The van der Waals surface area contributed by atoms with Gasteiger partial charge in [-0.1, -0.05) is 18.2 Å². The molecule has 0 saturated heterocycles. The Morgan fingerprint density at radius 1 is 1.24 bits per heavy atom. The average molecular weight is 278 g/mol. The van der Waals surface area contributed by atoms with Crippen LogP contribution in [0.25, 0.3) is 33.5 Å². The van der Waals surface area contributed by atoms with E-state index in [0.29, 0.717) is 12.1 Å². The molecule has 0 bridgehead atoms. The van der Waals surface area contributed by atoms with Gasteiger partial charge >= 0.3 is 0 Å². The molecule has 0 N–H and O–H groups in total. The third-order valence-electron chi connectivity index (χ3n) is 4.47. The highest BCUT2D eigenvalue weighted by Crippen LogP contribution is 2.34. The third kappa shape index (κ3) is 1.17. The highest BCUT2D eigenvalue weighted by molar-refractivity contribution is 6.04. The summed E-state index contributed by atoms with van der Waals surface area (Å²) in [6.45, 7) is -1.57. The van der Waals surface area contributed by atoms with Crippen molar-refractivity contribution >= 4 is 22.1 Å². The summed E-state index contributed by atoms with van der Waals surface area (Å²) in [5.74, 6) is 1.04. The van der Waals surface area contributed by atoms with E-state index in [1.165, 1.54) is 10.1 Å². The molecule has 0 spiro atoms. The topological polar surface area (TPSA) is 26.6 Å². The van der Waals surface area contributed by atoms with Crippen molar-refractivity contribution in [3.8, 4) is 11.4 Å². The maximum atomic E-state index is 8.04. The standard InChI is InChI=1S/C17H15N4/c1-19-14-7-8-18-9-13(14)15-17(19)21-10-11-5-3-4-6-12(11)16(21)20(15)2/h3-9H,10H2,1-2H3/q+1/i1D3. The van der Waals surface area contributed by atoms with E-state index in [0.717, 1.165) is 27.9 Å². The van der Waals surface area contributed by atoms with Crippen LogP contribution in [0.3, 0.4) is 0 Å². The molecule has 21 heavy (non-hydrogen) atoms. The van der Waals surface area contributed by atoms with Gasteiger partial charge in [0.15, 0.2) is 5.52 Å². The van der Waals surface area contributed by atoms with Crippen LogP contribution in [0, 0.1) is 0 Å². The third-order valence-corrected chi connectivity index (χ3v) is 4.47. The number of fused-ring (bicyclic) bond motifs is 7. The molecule has 4 heteroatoms. The van der Waals surface area contributed by atoms with Gasteiger partial charge in [0.25, 0.3) is 5.65 Å². The summed E-state index contributed by atoms with van der Waals surface area (Å²) < 4.78 is 29.8.